The van der Waals surface area contributed by atoms with E-state index in [1.807, 2.05) is 0 Å². The van der Waals surface area contributed by atoms with Crippen molar-refractivity contribution >= 4 is 35.3 Å². The number of aromatic carboxylic acids is 1. The van der Waals surface area contributed by atoms with E-state index in [1.54, 1.807) is 85.8 Å². The molecule has 0 aliphatic carbocycles. The zero-order valence-electron chi connectivity index (χ0n) is 22.3. The molecule has 0 unspecified atom stereocenters. The number of carboxylic acid groups (broad SMARTS) is 1. The molecule has 1 amide bonds. The van der Waals surface area contributed by atoms with E-state index in [1.165, 1.54) is 18.3 Å². The molecule has 5 rings (SSSR count). The van der Waals surface area contributed by atoms with Gasteiger partial charge in [0.05, 0.1) is 16.4 Å². The third-order valence-corrected chi connectivity index (χ3v) is 7.45. The molecule has 42 heavy (non-hydrogen) atoms. The molecule has 11 heteroatoms. The normalized spacial score (nSPS) is 21.4. The Kier molecular flexibility index (Phi) is 8.19. The molecule has 1 fully saturated rings. The molecule has 1 aliphatic rings. The van der Waals surface area contributed by atoms with Gasteiger partial charge in [-0.05, 0) is 42.8 Å². The van der Waals surface area contributed by atoms with Crippen LogP contribution >= 0.6 is 11.6 Å². The largest absolute Gasteiger partial charge is 0.545 e. The number of esters is 1. The Morgan fingerprint density at radius 3 is 2.24 bits per heavy atom. The Bertz CT molecular complexity index is 1670. The number of rotatable bonds is 8. The molecule has 214 valence electrons. The van der Waals surface area contributed by atoms with Crippen LogP contribution in [-0.4, -0.2) is 45.0 Å². The van der Waals surface area contributed by atoms with Crippen molar-refractivity contribution in [1.29, 1.82) is 0 Å². The molecule has 0 radical (unpaired) electrons. The Hall–Kier alpha value is -4.80. The Balaban J connectivity index is 1.46. The summed E-state index contributed by atoms with van der Waals surface area (Å²) in [6, 6.07) is 24.4. The molecule has 1 N–H and O–H groups in total. The van der Waals surface area contributed by atoms with E-state index in [2.05, 4.69) is 10.3 Å². The van der Waals surface area contributed by atoms with Crippen molar-refractivity contribution in [2.45, 2.75) is 30.0 Å². The average molecular weight is 587 g/mol. The van der Waals surface area contributed by atoms with E-state index in [4.69, 9.17) is 21.1 Å². The summed E-state index contributed by atoms with van der Waals surface area (Å²) in [4.78, 5) is 53.0. The molecule has 0 spiro atoms. The summed E-state index contributed by atoms with van der Waals surface area (Å²) in [5.41, 5.74) is 0.124. The van der Waals surface area contributed by atoms with Crippen LogP contribution in [0, 0.1) is 0 Å². The number of nitrogens with zero attached hydrogens (tertiary/aromatic N) is 2. The molecule has 0 saturated carbocycles. The van der Waals surface area contributed by atoms with Crippen molar-refractivity contribution in [2.75, 3.05) is 11.9 Å². The van der Waals surface area contributed by atoms with Crippen LogP contribution in [0.5, 0.6) is 0 Å². The summed E-state index contributed by atoms with van der Waals surface area (Å²) in [7, 11) is 0. The Morgan fingerprint density at radius 2 is 1.60 bits per heavy atom. The highest BCUT2D eigenvalue weighted by Crippen LogP contribution is 2.52. The van der Waals surface area contributed by atoms with Gasteiger partial charge in [-0.1, -0.05) is 60.7 Å². The number of amides is 1. The number of alkyl halides is 1. The van der Waals surface area contributed by atoms with Crippen LogP contribution in [-0.2, 0) is 9.47 Å². The second kappa shape index (κ2) is 12.0. The fraction of sp³-hybridized carbons (Fsp3) is 0.194. The molecule has 0 bridgehead atoms. The second-order valence-corrected chi connectivity index (χ2v) is 10.6. The van der Waals surface area contributed by atoms with Crippen LogP contribution < -0.4 is 16.1 Å². The van der Waals surface area contributed by atoms with Gasteiger partial charge in [0.25, 0.3) is 5.91 Å². The number of anilines is 1. The molecule has 3 aromatic carbocycles. The molecular formula is C31H25ClN3O7-. The van der Waals surface area contributed by atoms with Gasteiger partial charge in [-0.15, -0.1) is 11.6 Å². The first-order chi connectivity index (χ1) is 20.2. The Morgan fingerprint density at radius 1 is 0.976 bits per heavy atom. The third-order valence-electron chi connectivity index (χ3n) is 7.03. The average Bonchev–Trinajstić information content (AvgIpc) is 3.26. The van der Waals surface area contributed by atoms with Crippen molar-refractivity contribution in [3.8, 4) is 0 Å². The van der Waals surface area contributed by atoms with Crippen molar-refractivity contribution in [3.05, 3.63) is 130 Å². The van der Waals surface area contributed by atoms with E-state index in [0.717, 1.165) is 4.57 Å². The van der Waals surface area contributed by atoms with Gasteiger partial charge in [0.2, 0.25) is 0 Å². The first kappa shape index (κ1) is 28.7. The molecule has 2 heterocycles. The maximum atomic E-state index is 13.2. The number of carboxylic acids is 1. The monoisotopic (exact) mass is 586 g/mol. The van der Waals surface area contributed by atoms with Crippen LogP contribution in [0.2, 0.25) is 0 Å². The van der Waals surface area contributed by atoms with Gasteiger partial charge in [0.15, 0.2) is 6.23 Å². The highest BCUT2D eigenvalue weighted by atomic mass is 35.5. The first-order valence-corrected chi connectivity index (χ1v) is 13.4. The van der Waals surface area contributed by atoms with Gasteiger partial charge >= 0.3 is 11.7 Å². The number of carbonyl (C=O) groups is 3. The number of ether oxygens (including phenoxy) is 2. The van der Waals surface area contributed by atoms with Gasteiger partial charge in [-0.2, -0.15) is 4.98 Å². The molecule has 1 aliphatic heterocycles. The maximum absolute atomic E-state index is 13.2. The maximum Gasteiger partial charge on any atom is 0.351 e. The third kappa shape index (κ3) is 5.81. The quantitative estimate of drug-likeness (QED) is 0.245. The summed E-state index contributed by atoms with van der Waals surface area (Å²) >= 11 is 7.11. The number of nitrogens with one attached hydrogen (secondary N) is 1. The van der Waals surface area contributed by atoms with E-state index in [0.29, 0.717) is 16.7 Å². The summed E-state index contributed by atoms with van der Waals surface area (Å²) in [5, 5.41) is 14.6. The smallest absolute Gasteiger partial charge is 0.351 e. The SMILES string of the molecule is C[C@@]1(Cl)[C@H](c2ccccc2C(=O)[O-])[C@H](COC(=O)c2ccccc2)O[C@H]1n1ccc(NC(=O)c2ccccc2)nc1=O. The van der Waals surface area contributed by atoms with Gasteiger partial charge in [-0.3, -0.25) is 9.36 Å². The minimum Gasteiger partial charge on any atom is -0.545 e. The second-order valence-electron chi connectivity index (χ2n) is 9.82. The minimum absolute atomic E-state index is 0.0200. The number of aromatic nitrogens is 2. The van der Waals surface area contributed by atoms with Gasteiger partial charge in [0.1, 0.15) is 18.5 Å². The molecule has 10 nitrogen and oxygen atoms in total. The van der Waals surface area contributed by atoms with Crippen molar-refractivity contribution in [2.24, 2.45) is 0 Å². The molecule has 1 aromatic heterocycles. The lowest BCUT2D eigenvalue weighted by molar-refractivity contribution is -0.255. The van der Waals surface area contributed by atoms with E-state index < -0.39 is 46.7 Å². The summed E-state index contributed by atoms with van der Waals surface area (Å²) in [6.45, 7) is 1.32. The van der Waals surface area contributed by atoms with Gasteiger partial charge in [-0.25, -0.2) is 9.59 Å². The topological polar surface area (TPSA) is 140 Å². The Labute approximate surface area is 245 Å². The predicted octanol–water partition coefficient (Wildman–Crippen LogP) is 3.39. The van der Waals surface area contributed by atoms with E-state index in [-0.39, 0.29) is 18.0 Å². The van der Waals surface area contributed by atoms with Crippen molar-refractivity contribution in [3.63, 3.8) is 0 Å². The molecular weight excluding hydrogens is 562 g/mol. The lowest BCUT2D eigenvalue weighted by Crippen LogP contribution is -2.39. The molecule has 1 saturated heterocycles. The standard InChI is InChI=1S/C31H26ClN3O7/c1-31(32)25(21-14-8-9-15-22(21)27(37)38)23(18-41-28(39)20-12-6-3-7-13-20)42-29(31)35-17-16-24(34-30(35)40)33-26(36)19-10-4-2-5-11-19/h2-17,23,25,29H,18H2,1H3,(H,37,38)(H,33,34,36,40)/p-1/t23-,25+,29+,31+/m0/s1. The summed E-state index contributed by atoms with van der Waals surface area (Å²) < 4.78 is 12.9. The lowest BCUT2D eigenvalue weighted by atomic mass is 9.81. The highest BCUT2D eigenvalue weighted by molar-refractivity contribution is 6.25. The number of carbonyl (C=O) groups excluding carboxylic acids is 3. The minimum atomic E-state index is -1.42. The molecule has 4 atom stereocenters. The molecule has 4 aromatic rings. The van der Waals surface area contributed by atoms with Gasteiger partial charge in [0, 0.05) is 23.2 Å². The fourth-order valence-corrected chi connectivity index (χ4v) is 5.49. The van der Waals surface area contributed by atoms with Gasteiger partial charge < -0.3 is 24.7 Å². The van der Waals surface area contributed by atoms with Crippen LogP contribution in [0.15, 0.2) is 102 Å². The van der Waals surface area contributed by atoms with Crippen molar-refractivity contribution in [1.82, 2.24) is 9.55 Å². The summed E-state index contributed by atoms with van der Waals surface area (Å²) in [5.74, 6) is -3.31. The fourth-order valence-electron chi connectivity index (χ4n) is 5.08. The number of hydrogen-bond donors (Lipinski definition) is 1. The van der Waals surface area contributed by atoms with Crippen LogP contribution in [0.1, 0.15) is 55.7 Å². The van der Waals surface area contributed by atoms with Crippen LogP contribution in [0.25, 0.3) is 0 Å². The van der Waals surface area contributed by atoms with E-state index in [9.17, 15) is 24.3 Å². The van der Waals surface area contributed by atoms with Crippen molar-refractivity contribution < 1.29 is 29.0 Å². The highest BCUT2D eigenvalue weighted by Gasteiger charge is 2.55. The van der Waals surface area contributed by atoms with Crippen LogP contribution in [0.4, 0.5) is 5.82 Å². The van der Waals surface area contributed by atoms with E-state index >= 15 is 0 Å². The lowest BCUT2D eigenvalue weighted by Gasteiger charge is -2.31. The summed E-state index contributed by atoms with van der Waals surface area (Å²) in [6.07, 6.45) is -0.727. The number of hydrogen-bond acceptors (Lipinski definition) is 8. The predicted molar refractivity (Wildman–Crippen MR) is 151 cm³/mol. The number of benzene rings is 3. The van der Waals surface area contributed by atoms with Crippen LogP contribution in [0.3, 0.4) is 0 Å². The number of halogens is 1. The first-order valence-electron chi connectivity index (χ1n) is 13.0. The zero-order valence-corrected chi connectivity index (χ0v) is 23.1. The zero-order chi connectivity index (χ0) is 29.9.